The summed E-state index contributed by atoms with van der Waals surface area (Å²) >= 11 is 6.13. The molecule has 0 N–H and O–H groups in total. The maximum Gasteiger partial charge on any atom is 0.0810 e. The van der Waals surface area contributed by atoms with E-state index in [4.69, 9.17) is 16.3 Å². The van der Waals surface area contributed by atoms with Crippen molar-refractivity contribution in [2.75, 3.05) is 6.61 Å². The Morgan fingerprint density at radius 3 is 2.75 bits per heavy atom. The van der Waals surface area contributed by atoms with Gasteiger partial charge in [0.15, 0.2) is 0 Å². The van der Waals surface area contributed by atoms with Crippen LogP contribution in [0.25, 0.3) is 0 Å². The minimum absolute atomic E-state index is 0.390. The summed E-state index contributed by atoms with van der Waals surface area (Å²) in [6.07, 6.45) is 7.94. The van der Waals surface area contributed by atoms with E-state index >= 15 is 0 Å². The smallest absolute Gasteiger partial charge is 0.0810 e. The quantitative estimate of drug-likeness (QED) is 0.341. The zero-order chi connectivity index (χ0) is 8.81. The number of epoxide rings is 1. The molecule has 1 aliphatic rings. The highest BCUT2D eigenvalue weighted by Gasteiger charge is 2.22. The molecule has 0 aromatic carbocycles. The van der Waals surface area contributed by atoms with Gasteiger partial charge in [-0.15, -0.1) is 11.6 Å². The van der Waals surface area contributed by atoms with Crippen LogP contribution in [0.5, 0.6) is 0 Å². The molecule has 0 saturated carbocycles. The molecule has 0 aromatic rings. The predicted molar refractivity (Wildman–Crippen MR) is 52.8 cm³/mol. The second-order valence-electron chi connectivity index (χ2n) is 3.63. The first-order chi connectivity index (χ1) is 5.83. The number of hydrogen-bond donors (Lipinski definition) is 0. The third-order valence-corrected chi connectivity index (χ3v) is 2.76. The first-order valence-electron chi connectivity index (χ1n) is 5.08. The minimum Gasteiger partial charge on any atom is -0.373 e. The lowest BCUT2D eigenvalue weighted by molar-refractivity contribution is 0.388. The van der Waals surface area contributed by atoms with Gasteiger partial charge in [-0.2, -0.15) is 0 Å². The molecular weight excluding hydrogens is 172 g/mol. The molecule has 1 rings (SSSR count). The van der Waals surface area contributed by atoms with E-state index < -0.39 is 0 Å². The van der Waals surface area contributed by atoms with Crippen molar-refractivity contribution in [2.45, 2.75) is 56.9 Å². The fourth-order valence-corrected chi connectivity index (χ4v) is 1.64. The Labute approximate surface area is 80.4 Å². The van der Waals surface area contributed by atoms with Crippen molar-refractivity contribution in [3.05, 3.63) is 0 Å². The summed E-state index contributed by atoms with van der Waals surface area (Å²) in [6.45, 7) is 3.19. The van der Waals surface area contributed by atoms with Crippen molar-refractivity contribution >= 4 is 11.6 Å². The van der Waals surface area contributed by atoms with E-state index in [2.05, 4.69) is 6.92 Å². The lowest BCUT2D eigenvalue weighted by atomic mass is 10.1. The Morgan fingerprint density at radius 1 is 1.42 bits per heavy atom. The highest BCUT2D eigenvalue weighted by molar-refractivity contribution is 6.20. The Balaban J connectivity index is 1.84. The molecule has 2 heteroatoms. The van der Waals surface area contributed by atoms with Gasteiger partial charge in [0, 0.05) is 5.38 Å². The molecule has 0 bridgehead atoms. The highest BCUT2D eigenvalue weighted by Crippen LogP contribution is 2.21. The van der Waals surface area contributed by atoms with Gasteiger partial charge < -0.3 is 4.74 Å². The SMILES string of the molecule is CCCCCC(Cl)CCC1CO1. The zero-order valence-electron chi connectivity index (χ0n) is 7.89. The largest absolute Gasteiger partial charge is 0.373 e. The van der Waals surface area contributed by atoms with Crippen LogP contribution >= 0.6 is 11.6 Å². The molecule has 1 fully saturated rings. The molecule has 2 unspecified atom stereocenters. The minimum atomic E-state index is 0.390. The number of rotatable bonds is 7. The van der Waals surface area contributed by atoms with Crippen LogP contribution in [0.2, 0.25) is 0 Å². The number of ether oxygens (including phenoxy) is 1. The van der Waals surface area contributed by atoms with Crippen molar-refractivity contribution in [2.24, 2.45) is 0 Å². The van der Waals surface area contributed by atoms with Gasteiger partial charge in [-0.3, -0.25) is 0 Å². The van der Waals surface area contributed by atoms with E-state index in [1.54, 1.807) is 0 Å². The van der Waals surface area contributed by atoms with E-state index in [0.29, 0.717) is 11.5 Å². The molecule has 2 atom stereocenters. The monoisotopic (exact) mass is 190 g/mol. The number of alkyl halides is 1. The van der Waals surface area contributed by atoms with Gasteiger partial charge in [0.05, 0.1) is 12.7 Å². The Morgan fingerprint density at radius 2 is 2.17 bits per heavy atom. The maximum atomic E-state index is 6.13. The Hall–Kier alpha value is 0.250. The topological polar surface area (TPSA) is 12.5 Å². The average Bonchev–Trinajstić information content (AvgIpc) is 2.84. The van der Waals surface area contributed by atoms with Crippen LogP contribution in [0.3, 0.4) is 0 Å². The first-order valence-corrected chi connectivity index (χ1v) is 5.52. The Kier molecular flexibility index (Phi) is 5.01. The van der Waals surface area contributed by atoms with Crippen LogP contribution in [-0.4, -0.2) is 18.1 Å². The first kappa shape index (κ1) is 10.3. The third kappa shape index (κ3) is 5.00. The van der Waals surface area contributed by atoms with Crippen molar-refractivity contribution in [1.29, 1.82) is 0 Å². The summed E-state index contributed by atoms with van der Waals surface area (Å²) in [5, 5.41) is 0.390. The Bertz CT molecular complexity index is 112. The van der Waals surface area contributed by atoms with Gasteiger partial charge in [-0.25, -0.2) is 0 Å². The molecule has 1 heterocycles. The number of hydrogen-bond acceptors (Lipinski definition) is 1. The van der Waals surface area contributed by atoms with E-state index in [-0.39, 0.29) is 0 Å². The molecule has 1 nitrogen and oxygen atoms in total. The predicted octanol–water partition coefficient (Wildman–Crippen LogP) is 3.35. The molecule has 0 radical (unpaired) electrons. The van der Waals surface area contributed by atoms with E-state index in [0.717, 1.165) is 13.0 Å². The van der Waals surface area contributed by atoms with E-state index in [9.17, 15) is 0 Å². The van der Waals surface area contributed by atoms with Crippen LogP contribution < -0.4 is 0 Å². The second kappa shape index (κ2) is 5.82. The molecule has 0 aliphatic carbocycles. The van der Waals surface area contributed by atoms with Crippen molar-refractivity contribution in [1.82, 2.24) is 0 Å². The second-order valence-corrected chi connectivity index (χ2v) is 4.24. The molecule has 0 aromatic heterocycles. The van der Waals surface area contributed by atoms with E-state index in [1.807, 2.05) is 0 Å². The summed E-state index contributed by atoms with van der Waals surface area (Å²) in [7, 11) is 0. The van der Waals surface area contributed by atoms with Gasteiger partial charge >= 0.3 is 0 Å². The summed E-state index contributed by atoms with van der Waals surface area (Å²) in [5.74, 6) is 0. The van der Waals surface area contributed by atoms with Crippen molar-refractivity contribution < 1.29 is 4.74 Å². The fraction of sp³-hybridized carbons (Fsp3) is 1.00. The molecule has 1 aliphatic heterocycles. The summed E-state index contributed by atoms with van der Waals surface area (Å²) in [5.41, 5.74) is 0. The van der Waals surface area contributed by atoms with Gasteiger partial charge in [-0.05, 0) is 19.3 Å². The maximum absolute atomic E-state index is 6.13. The molecule has 1 saturated heterocycles. The van der Waals surface area contributed by atoms with Crippen LogP contribution in [-0.2, 0) is 4.74 Å². The third-order valence-electron chi connectivity index (χ3n) is 2.33. The van der Waals surface area contributed by atoms with Gasteiger partial charge in [0.1, 0.15) is 0 Å². The van der Waals surface area contributed by atoms with Crippen LogP contribution in [0, 0.1) is 0 Å². The summed E-state index contributed by atoms with van der Waals surface area (Å²) < 4.78 is 5.13. The van der Waals surface area contributed by atoms with Crippen LogP contribution in [0.15, 0.2) is 0 Å². The highest BCUT2D eigenvalue weighted by atomic mass is 35.5. The molecular formula is C10H19ClO. The van der Waals surface area contributed by atoms with Crippen molar-refractivity contribution in [3.8, 4) is 0 Å². The van der Waals surface area contributed by atoms with Crippen LogP contribution in [0.4, 0.5) is 0 Å². The van der Waals surface area contributed by atoms with Crippen molar-refractivity contribution in [3.63, 3.8) is 0 Å². The average molecular weight is 191 g/mol. The van der Waals surface area contributed by atoms with Gasteiger partial charge in [-0.1, -0.05) is 26.2 Å². The summed E-state index contributed by atoms with van der Waals surface area (Å²) in [4.78, 5) is 0. The standard InChI is InChI=1S/C10H19ClO/c1-2-3-4-5-9(11)6-7-10-8-12-10/h9-10H,2-8H2,1H3. The lowest BCUT2D eigenvalue weighted by Crippen LogP contribution is -2.00. The normalized spacial score (nSPS) is 24.0. The number of halogens is 1. The van der Waals surface area contributed by atoms with Crippen LogP contribution in [0.1, 0.15) is 45.4 Å². The molecule has 0 spiro atoms. The summed E-state index contributed by atoms with van der Waals surface area (Å²) in [6, 6.07) is 0. The fourth-order valence-electron chi connectivity index (χ4n) is 1.36. The lowest BCUT2D eigenvalue weighted by Gasteiger charge is -2.06. The van der Waals surface area contributed by atoms with Gasteiger partial charge in [0.25, 0.3) is 0 Å². The zero-order valence-corrected chi connectivity index (χ0v) is 8.65. The molecule has 0 amide bonds. The number of unbranched alkanes of at least 4 members (excludes halogenated alkanes) is 2. The van der Waals surface area contributed by atoms with E-state index in [1.165, 1.54) is 32.1 Å². The molecule has 12 heavy (non-hydrogen) atoms. The van der Waals surface area contributed by atoms with Gasteiger partial charge in [0.2, 0.25) is 0 Å². The molecule has 72 valence electrons.